The molecule has 2 aliphatic heterocycles. The number of fused-ring (bicyclic) bond motifs is 4. The summed E-state index contributed by atoms with van der Waals surface area (Å²) in [6, 6.07) is 19.4. The molecule has 0 saturated carbocycles. The van der Waals surface area contributed by atoms with Crippen molar-refractivity contribution in [3.8, 4) is 16.9 Å². The van der Waals surface area contributed by atoms with E-state index in [1.807, 2.05) is 30.3 Å². The number of benzene rings is 3. The summed E-state index contributed by atoms with van der Waals surface area (Å²) in [7, 11) is 6.24. The molecule has 0 aliphatic carbocycles. The molecule has 6 rings (SSSR count). The molecule has 4 aromatic rings. The Labute approximate surface area is 212 Å². The van der Waals surface area contributed by atoms with Crippen LogP contribution in [0.25, 0.3) is 32.8 Å². The molecule has 2 N–H and O–H groups in total. The number of piperazine rings is 1. The molecule has 1 aromatic heterocycles. The molecule has 36 heavy (non-hydrogen) atoms. The van der Waals surface area contributed by atoms with E-state index in [-0.39, 0.29) is 5.75 Å². The quantitative estimate of drug-likeness (QED) is 0.429. The van der Waals surface area contributed by atoms with Crippen LogP contribution < -0.4 is 15.1 Å². The highest BCUT2D eigenvalue weighted by Crippen LogP contribution is 2.36. The largest absolute Gasteiger partial charge is 0.508 e. The van der Waals surface area contributed by atoms with Crippen LogP contribution in [0.2, 0.25) is 0 Å². The zero-order valence-electron chi connectivity index (χ0n) is 21.3. The van der Waals surface area contributed by atoms with Gasteiger partial charge in [-0.25, -0.2) is 4.98 Å². The van der Waals surface area contributed by atoms with Gasteiger partial charge in [0, 0.05) is 50.7 Å². The topological polar surface area (TPSA) is 67.8 Å². The van der Waals surface area contributed by atoms with Gasteiger partial charge in [0.05, 0.1) is 5.52 Å². The summed E-state index contributed by atoms with van der Waals surface area (Å²) in [5, 5.41) is 17.4. The minimum absolute atomic E-state index is 0.271. The number of hydrogen-bond acceptors (Lipinski definition) is 7. The van der Waals surface area contributed by atoms with Crippen molar-refractivity contribution < 1.29 is 5.11 Å². The van der Waals surface area contributed by atoms with Gasteiger partial charge in [-0.15, -0.1) is 0 Å². The minimum atomic E-state index is 0.271. The molecule has 7 heteroatoms. The van der Waals surface area contributed by atoms with Gasteiger partial charge in [0.1, 0.15) is 11.6 Å². The first kappa shape index (κ1) is 23.0. The van der Waals surface area contributed by atoms with Crippen LogP contribution in [0.3, 0.4) is 0 Å². The third-order valence-electron chi connectivity index (χ3n) is 7.56. The van der Waals surface area contributed by atoms with Gasteiger partial charge in [-0.2, -0.15) is 4.98 Å². The van der Waals surface area contributed by atoms with Gasteiger partial charge in [-0.1, -0.05) is 30.3 Å². The number of aromatic hydroxyl groups is 1. The monoisotopic (exact) mass is 482 g/mol. The molecule has 3 aromatic carbocycles. The molecular weight excluding hydrogens is 448 g/mol. The number of phenolic OH excluding ortho intramolecular Hbond substituents is 1. The second kappa shape index (κ2) is 9.22. The lowest BCUT2D eigenvalue weighted by Gasteiger charge is -2.34. The van der Waals surface area contributed by atoms with Crippen molar-refractivity contribution in [3.63, 3.8) is 0 Å². The highest BCUT2D eigenvalue weighted by atomic mass is 16.3. The summed E-state index contributed by atoms with van der Waals surface area (Å²) < 4.78 is 0. The van der Waals surface area contributed by atoms with E-state index in [4.69, 9.17) is 9.97 Å². The Morgan fingerprint density at radius 1 is 0.917 bits per heavy atom. The van der Waals surface area contributed by atoms with Crippen molar-refractivity contribution in [1.29, 1.82) is 0 Å². The number of hydrogen-bond donors (Lipinski definition) is 2. The van der Waals surface area contributed by atoms with Crippen molar-refractivity contribution >= 4 is 33.4 Å². The standard InChI is InChI=1S/C29H34N6O/c1-33(2)12-13-34(3)29-31-27-15-20(26-16-23(36)14-19-6-4-5-7-24(19)26)8-11-25(27)28(32-29)35-17-21-9-10-22(18-35)30-21/h4-8,11,14-16,21-22,30,36H,9-10,12-13,17-18H2,1-3H3/t21-,22+. The van der Waals surface area contributed by atoms with Crippen molar-refractivity contribution in [2.24, 2.45) is 0 Å². The number of nitrogens with zero attached hydrogens (tertiary/aromatic N) is 5. The smallest absolute Gasteiger partial charge is 0.227 e. The Balaban J connectivity index is 1.48. The van der Waals surface area contributed by atoms with Gasteiger partial charge in [-0.05, 0) is 73.1 Å². The third-order valence-corrected chi connectivity index (χ3v) is 7.56. The van der Waals surface area contributed by atoms with Crippen LogP contribution in [0.4, 0.5) is 11.8 Å². The van der Waals surface area contributed by atoms with Crippen LogP contribution in [-0.4, -0.2) is 79.4 Å². The van der Waals surface area contributed by atoms with E-state index < -0.39 is 0 Å². The highest BCUT2D eigenvalue weighted by molar-refractivity contribution is 6.01. The second-order valence-electron chi connectivity index (χ2n) is 10.6. The molecule has 2 fully saturated rings. The van der Waals surface area contributed by atoms with Gasteiger partial charge in [0.25, 0.3) is 0 Å². The van der Waals surface area contributed by atoms with E-state index in [1.165, 1.54) is 12.8 Å². The zero-order chi connectivity index (χ0) is 24.8. The number of rotatable bonds is 6. The third kappa shape index (κ3) is 4.33. The first-order valence-electron chi connectivity index (χ1n) is 12.9. The number of aromatic nitrogens is 2. The Bertz CT molecular complexity index is 1410. The van der Waals surface area contributed by atoms with Crippen molar-refractivity contribution in [3.05, 3.63) is 54.6 Å². The fourth-order valence-corrected chi connectivity index (χ4v) is 5.63. The van der Waals surface area contributed by atoms with Gasteiger partial charge in [0.15, 0.2) is 0 Å². The summed E-state index contributed by atoms with van der Waals surface area (Å²) in [5.74, 6) is 2.05. The Kier molecular flexibility index (Phi) is 5.90. The zero-order valence-corrected chi connectivity index (χ0v) is 21.3. The number of likely N-dealkylation sites (N-methyl/N-ethyl adjacent to an activating group) is 2. The Morgan fingerprint density at radius 2 is 1.69 bits per heavy atom. The van der Waals surface area contributed by atoms with E-state index >= 15 is 0 Å². The molecule has 0 radical (unpaired) electrons. The molecule has 0 unspecified atom stereocenters. The van der Waals surface area contributed by atoms with Gasteiger partial charge in [0.2, 0.25) is 5.95 Å². The SMILES string of the molecule is CN(C)CCN(C)c1nc(N2C[C@H]3CC[C@@H](C2)N3)c2ccc(-c3cc(O)cc4ccccc34)cc2n1. The van der Waals surface area contributed by atoms with Gasteiger partial charge < -0.3 is 25.1 Å². The molecule has 186 valence electrons. The van der Waals surface area contributed by atoms with Crippen molar-refractivity contribution in [2.45, 2.75) is 24.9 Å². The van der Waals surface area contributed by atoms with Crippen molar-refractivity contribution in [2.75, 3.05) is 57.1 Å². The predicted molar refractivity (Wildman–Crippen MR) is 148 cm³/mol. The number of nitrogens with one attached hydrogen (secondary N) is 1. The van der Waals surface area contributed by atoms with Crippen LogP contribution in [0, 0.1) is 0 Å². The maximum absolute atomic E-state index is 10.4. The predicted octanol–water partition coefficient (Wildman–Crippen LogP) is 4.09. The maximum atomic E-state index is 10.4. The van der Waals surface area contributed by atoms with Crippen LogP contribution in [0.1, 0.15) is 12.8 Å². The lowest BCUT2D eigenvalue weighted by molar-refractivity contribution is 0.415. The summed E-state index contributed by atoms with van der Waals surface area (Å²) in [6.45, 7) is 3.73. The first-order valence-corrected chi connectivity index (χ1v) is 12.9. The number of anilines is 2. The van der Waals surface area contributed by atoms with Crippen molar-refractivity contribution in [1.82, 2.24) is 20.2 Å². The van der Waals surface area contributed by atoms with E-state index in [1.54, 1.807) is 0 Å². The van der Waals surface area contributed by atoms with E-state index in [0.29, 0.717) is 12.1 Å². The van der Waals surface area contributed by atoms with Crippen LogP contribution >= 0.6 is 0 Å². The molecule has 2 aliphatic rings. The second-order valence-corrected chi connectivity index (χ2v) is 10.6. The normalized spacial score (nSPS) is 19.5. The maximum Gasteiger partial charge on any atom is 0.227 e. The lowest BCUT2D eigenvalue weighted by Crippen LogP contribution is -2.51. The average molecular weight is 483 g/mol. The molecule has 0 amide bonds. The minimum Gasteiger partial charge on any atom is -0.508 e. The Morgan fingerprint density at radius 3 is 2.47 bits per heavy atom. The summed E-state index contributed by atoms with van der Waals surface area (Å²) in [5.41, 5.74) is 2.99. The Hall–Kier alpha value is -3.42. The first-order chi connectivity index (χ1) is 17.4. The molecule has 2 saturated heterocycles. The van der Waals surface area contributed by atoms with E-state index in [2.05, 4.69) is 65.4 Å². The highest BCUT2D eigenvalue weighted by Gasteiger charge is 2.33. The average Bonchev–Trinajstić information content (AvgIpc) is 3.22. The van der Waals surface area contributed by atoms with Gasteiger partial charge in [-0.3, -0.25) is 0 Å². The fourth-order valence-electron chi connectivity index (χ4n) is 5.63. The molecule has 2 atom stereocenters. The van der Waals surface area contributed by atoms with E-state index in [0.717, 1.165) is 70.7 Å². The van der Waals surface area contributed by atoms with E-state index in [9.17, 15) is 5.11 Å². The van der Waals surface area contributed by atoms with Crippen LogP contribution in [0.15, 0.2) is 54.6 Å². The lowest BCUT2D eigenvalue weighted by atomic mass is 9.97. The molecular formula is C29H34N6O. The molecule has 3 heterocycles. The fraction of sp³-hybridized carbons (Fsp3) is 0.379. The molecule has 0 spiro atoms. The summed E-state index contributed by atoms with van der Waals surface area (Å²) in [6.07, 6.45) is 2.46. The van der Waals surface area contributed by atoms with Gasteiger partial charge >= 0.3 is 0 Å². The molecule has 7 nitrogen and oxygen atoms in total. The summed E-state index contributed by atoms with van der Waals surface area (Å²) >= 11 is 0. The van der Waals surface area contributed by atoms with Crippen LogP contribution in [-0.2, 0) is 0 Å². The van der Waals surface area contributed by atoms with Crippen LogP contribution in [0.5, 0.6) is 5.75 Å². The number of phenols is 1. The summed E-state index contributed by atoms with van der Waals surface area (Å²) in [4.78, 5) is 16.9. The molecule has 2 bridgehead atoms.